The summed E-state index contributed by atoms with van der Waals surface area (Å²) in [6.45, 7) is 7.09. The summed E-state index contributed by atoms with van der Waals surface area (Å²) in [6, 6.07) is 10.9. The Kier molecular flexibility index (Phi) is 3.10. The Bertz CT molecular complexity index is 224. The van der Waals surface area contributed by atoms with Gasteiger partial charge in [0.15, 0.2) is 0 Å². The second-order valence-corrected chi connectivity index (χ2v) is 5.90. The average molecular weight is 178 g/mol. The fourth-order valence-corrected chi connectivity index (χ4v) is 2.64. The summed E-state index contributed by atoms with van der Waals surface area (Å²) in [7, 11) is 0.0332. The number of benzene rings is 1. The summed E-state index contributed by atoms with van der Waals surface area (Å²) in [5, 5.41) is 0.515. The monoisotopic (exact) mass is 178 g/mol. The molecule has 1 unspecified atom stereocenters. The van der Waals surface area contributed by atoms with Crippen molar-refractivity contribution >= 4 is 9.52 Å². The molecule has 0 aromatic heterocycles. The molecule has 0 nitrogen and oxygen atoms in total. The molecule has 0 aliphatic rings. The number of hydrogen-bond donors (Lipinski definition) is 0. The molecular weight excluding hydrogens is 160 g/mol. The van der Waals surface area contributed by atoms with E-state index in [4.69, 9.17) is 0 Å². The molecule has 1 aromatic rings. The molecule has 1 aromatic carbocycles. The first-order valence-corrected chi connectivity index (χ1v) is 6.90. The van der Waals surface area contributed by atoms with Crippen molar-refractivity contribution in [3.8, 4) is 0 Å². The van der Waals surface area contributed by atoms with Crippen molar-refractivity contribution < 1.29 is 0 Å². The van der Waals surface area contributed by atoms with Gasteiger partial charge in [-0.15, -0.1) is 0 Å². The van der Waals surface area contributed by atoms with Gasteiger partial charge in [-0.2, -0.15) is 0 Å². The predicted molar refractivity (Wildman–Crippen MR) is 58.5 cm³/mol. The fourth-order valence-electron chi connectivity index (χ4n) is 1.50. The number of rotatable bonds is 3. The summed E-state index contributed by atoms with van der Waals surface area (Å²) in [6.07, 6.45) is 1.28. The highest BCUT2D eigenvalue weighted by Crippen LogP contribution is 2.25. The van der Waals surface area contributed by atoms with Gasteiger partial charge in [-0.3, -0.25) is 0 Å². The summed E-state index contributed by atoms with van der Waals surface area (Å²) < 4.78 is 0. The van der Waals surface area contributed by atoms with Gasteiger partial charge in [0.2, 0.25) is 0 Å². The van der Waals surface area contributed by atoms with E-state index in [2.05, 4.69) is 50.7 Å². The topological polar surface area (TPSA) is 0 Å². The molecular formula is C11H18Si. The van der Waals surface area contributed by atoms with Crippen LogP contribution in [0.15, 0.2) is 30.3 Å². The second kappa shape index (κ2) is 3.90. The van der Waals surface area contributed by atoms with Crippen molar-refractivity contribution in [2.45, 2.75) is 31.9 Å². The largest absolute Gasteiger partial charge is 0.0741 e. The summed E-state index contributed by atoms with van der Waals surface area (Å²) in [5.41, 5.74) is 1.53. The van der Waals surface area contributed by atoms with Crippen molar-refractivity contribution in [3.05, 3.63) is 35.9 Å². The van der Waals surface area contributed by atoms with Crippen molar-refractivity contribution in [1.82, 2.24) is 0 Å². The molecule has 0 heterocycles. The molecule has 0 bridgehead atoms. The molecule has 0 amide bonds. The maximum absolute atomic E-state index is 2.40. The summed E-state index contributed by atoms with van der Waals surface area (Å²) in [5.74, 6) is 0. The van der Waals surface area contributed by atoms with Crippen LogP contribution in [0.2, 0.25) is 6.55 Å². The van der Waals surface area contributed by atoms with Crippen LogP contribution < -0.4 is 0 Å². The molecule has 0 aliphatic carbocycles. The van der Waals surface area contributed by atoms with Gasteiger partial charge in [0.25, 0.3) is 0 Å². The molecule has 0 saturated carbocycles. The van der Waals surface area contributed by atoms with Crippen molar-refractivity contribution in [3.63, 3.8) is 0 Å². The van der Waals surface area contributed by atoms with Gasteiger partial charge < -0.3 is 0 Å². The van der Waals surface area contributed by atoms with Crippen LogP contribution in [0.4, 0.5) is 0 Å². The lowest BCUT2D eigenvalue weighted by Crippen LogP contribution is -2.26. The normalized spacial score (nSPS) is 16.6. The first-order chi connectivity index (χ1) is 5.73. The highest BCUT2D eigenvalue weighted by Gasteiger charge is 2.21. The molecule has 1 atom stereocenters. The molecule has 66 valence electrons. The maximum Gasteiger partial charge on any atom is 0.0292 e. The van der Waals surface area contributed by atoms with E-state index >= 15 is 0 Å². The summed E-state index contributed by atoms with van der Waals surface area (Å²) >= 11 is 0. The van der Waals surface area contributed by atoms with Crippen LogP contribution in [0.25, 0.3) is 0 Å². The Labute approximate surface area is 77.8 Å². The van der Waals surface area contributed by atoms with Crippen molar-refractivity contribution in [2.75, 3.05) is 0 Å². The number of hydrogen-bond acceptors (Lipinski definition) is 0. The quantitative estimate of drug-likeness (QED) is 0.624. The molecule has 0 N–H and O–H groups in total. The lowest BCUT2D eigenvalue weighted by molar-refractivity contribution is 0.640. The van der Waals surface area contributed by atoms with Crippen LogP contribution in [0.5, 0.6) is 0 Å². The molecule has 0 spiro atoms. The Morgan fingerprint density at radius 2 is 1.83 bits per heavy atom. The Morgan fingerprint density at radius 3 is 2.25 bits per heavy atom. The van der Waals surface area contributed by atoms with Crippen LogP contribution in [-0.2, 0) is 5.04 Å². The minimum absolute atomic E-state index is 0.0332. The van der Waals surface area contributed by atoms with E-state index < -0.39 is 0 Å². The van der Waals surface area contributed by atoms with Crippen LogP contribution in [0.1, 0.15) is 25.8 Å². The van der Waals surface area contributed by atoms with Gasteiger partial charge in [0.1, 0.15) is 0 Å². The average Bonchev–Trinajstić information content (AvgIpc) is 2.18. The Hall–Kier alpha value is -0.563. The van der Waals surface area contributed by atoms with Gasteiger partial charge in [-0.05, 0) is 17.0 Å². The first-order valence-electron chi connectivity index (χ1n) is 4.78. The molecule has 0 radical (unpaired) electrons. The van der Waals surface area contributed by atoms with Crippen molar-refractivity contribution in [1.29, 1.82) is 0 Å². The molecule has 0 fully saturated rings. The van der Waals surface area contributed by atoms with Gasteiger partial charge in [0.05, 0.1) is 0 Å². The highest BCUT2D eigenvalue weighted by atomic mass is 28.2. The standard InChI is InChI=1S/C11H18Si/c1-4-11(2,12-3)10-8-6-5-7-9-10/h5-9H,4,12H2,1-3H3. The summed E-state index contributed by atoms with van der Waals surface area (Å²) in [4.78, 5) is 0. The minimum Gasteiger partial charge on any atom is -0.0741 e. The molecule has 12 heavy (non-hydrogen) atoms. The van der Waals surface area contributed by atoms with E-state index in [0.29, 0.717) is 5.04 Å². The van der Waals surface area contributed by atoms with Gasteiger partial charge in [0, 0.05) is 9.52 Å². The van der Waals surface area contributed by atoms with E-state index in [0.717, 1.165) is 0 Å². The van der Waals surface area contributed by atoms with Crippen LogP contribution in [0, 0.1) is 0 Å². The van der Waals surface area contributed by atoms with Crippen LogP contribution in [-0.4, -0.2) is 9.52 Å². The van der Waals surface area contributed by atoms with Gasteiger partial charge >= 0.3 is 0 Å². The van der Waals surface area contributed by atoms with E-state index in [1.807, 2.05) is 0 Å². The third-order valence-electron chi connectivity index (χ3n) is 3.03. The van der Waals surface area contributed by atoms with Crippen LogP contribution in [0.3, 0.4) is 0 Å². The molecule has 0 aliphatic heterocycles. The second-order valence-electron chi connectivity index (χ2n) is 3.63. The van der Waals surface area contributed by atoms with Gasteiger partial charge in [-0.1, -0.05) is 50.7 Å². The van der Waals surface area contributed by atoms with E-state index in [9.17, 15) is 0 Å². The Balaban J connectivity index is 2.95. The zero-order valence-electron chi connectivity index (χ0n) is 8.30. The minimum atomic E-state index is 0.0332. The zero-order chi connectivity index (χ0) is 9.03. The SMILES string of the molecule is CCC(C)([SiH2]C)c1ccccc1. The third-order valence-corrected chi connectivity index (χ3v) is 5.50. The molecule has 1 rings (SSSR count). The maximum atomic E-state index is 2.40. The van der Waals surface area contributed by atoms with Crippen LogP contribution >= 0.6 is 0 Å². The highest BCUT2D eigenvalue weighted by molar-refractivity contribution is 6.38. The smallest absolute Gasteiger partial charge is 0.0292 e. The van der Waals surface area contributed by atoms with Gasteiger partial charge in [-0.25, -0.2) is 0 Å². The van der Waals surface area contributed by atoms with Crippen molar-refractivity contribution in [2.24, 2.45) is 0 Å². The zero-order valence-corrected chi connectivity index (χ0v) is 9.72. The first kappa shape index (κ1) is 9.52. The Morgan fingerprint density at radius 1 is 1.25 bits per heavy atom. The molecule has 0 saturated heterocycles. The lowest BCUT2D eigenvalue weighted by atomic mass is 9.97. The van der Waals surface area contributed by atoms with E-state index in [1.54, 1.807) is 0 Å². The van der Waals surface area contributed by atoms with E-state index in [-0.39, 0.29) is 9.52 Å². The fraction of sp³-hybridized carbons (Fsp3) is 0.455. The predicted octanol–water partition coefficient (Wildman–Crippen LogP) is 2.53. The lowest BCUT2D eigenvalue weighted by Gasteiger charge is -2.26. The third kappa shape index (κ3) is 1.78. The molecule has 1 heteroatoms. The van der Waals surface area contributed by atoms with E-state index in [1.165, 1.54) is 12.0 Å².